The Hall–Kier alpha value is -2.11. The molecule has 0 aromatic heterocycles. The number of carbonyl (C=O) groups excluding carboxylic acids is 1. The molecule has 1 aromatic rings. The van der Waals surface area contributed by atoms with Crippen molar-refractivity contribution in [2.24, 2.45) is 10.9 Å². The first kappa shape index (κ1) is 13.0. The zero-order chi connectivity index (χ0) is 12.8. The molecule has 1 rings (SSSR count). The van der Waals surface area contributed by atoms with E-state index in [0.717, 1.165) is 0 Å². The van der Waals surface area contributed by atoms with E-state index in [2.05, 4.69) is 5.16 Å². The lowest BCUT2D eigenvalue weighted by Gasteiger charge is -2.16. The zero-order valence-corrected chi connectivity index (χ0v) is 9.43. The molecule has 17 heavy (non-hydrogen) atoms. The number of amides is 1. The van der Waals surface area contributed by atoms with Gasteiger partial charge in [-0.05, 0) is 24.3 Å². The maximum Gasteiger partial charge on any atom is 0.253 e. The summed E-state index contributed by atoms with van der Waals surface area (Å²) in [6.45, 7) is 0.325. The van der Waals surface area contributed by atoms with Crippen LogP contribution in [0.15, 0.2) is 29.4 Å². The molecular formula is C11H14FN3O2. The second-order valence-corrected chi connectivity index (χ2v) is 3.57. The first-order valence-corrected chi connectivity index (χ1v) is 5.02. The van der Waals surface area contributed by atoms with Crippen LogP contribution in [-0.4, -0.2) is 35.4 Å². The fraction of sp³-hybridized carbons (Fsp3) is 0.273. The number of nitrogens with two attached hydrogens (primary N) is 1. The second-order valence-electron chi connectivity index (χ2n) is 3.57. The Balaban J connectivity index is 2.60. The molecule has 1 aromatic carbocycles. The predicted octanol–water partition coefficient (Wildman–Crippen LogP) is 1.03. The minimum absolute atomic E-state index is 0.0590. The van der Waals surface area contributed by atoms with Crippen LogP contribution in [0.5, 0.6) is 0 Å². The van der Waals surface area contributed by atoms with Gasteiger partial charge in [-0.3, -0.25) is 4.79 Å². The molecule has 0 saturated carbocycles. The Morgan fingerprint density at radius 2 is 2.06 bits per heavy atom. The van der Waals surface area contributed by atoms with Gasteiger partial charge >= 0.3 is 0 Å². The van der Waals surface area contributed by atoms with E-state index in [1.165, 1.54) is 29.2 Å². The SMILES string of the molecule is CN(CC/C(N)=N/O)C(=O)c1ccc(F)cc1. The van der Waals surface area contributed by atoms with Gasteiger partial charge in [-0.15, -0.1) is 0 Å². The van der Waals surface area contributed by atoms with Gasteiger partial charge in [0, 0.05) is 25.6 Å². The molecule has 0 saturated heterocycles. The summed E-state index contributed by atoms with van der Waals surface area (Å²) < 4.78 is 12.7. The molecule has 1 amide bonds. The van der Waals surface area contributed by atoms with Gasteiger partial charge in [-0.1, -0.05) is 5.16 Å². The van der Waals surface area contributed by atoms with Crippen molar-refractivity contribution >= 4 is 11.7 Å². The quantitative estimate of drug-likeness (QED) is 0.356. The van der Waals surface area contributed by atoms with Crippen molar-refractivity contribution in [1.82, 2.24) is 4.90 Å². The van der Waals surface area contributed by atoms with Crippen LogP contribution in [0.25, 0.3) is 0 Å². The van der Waals surface area contributed by atoms with Crippen molar-refractivity contribution < 1.29 is 14.4 Å². The molecule has 0 aliphatic carbocycles. The number of oxime groups is 1. The summed E-state index contributed by atoms with van der Waals surface area (Å²) in [5.74, 6) is -0.569. The number of carbonyl (C=O) groups is 1. The molecule has 6 heteroatoms. The average Bonchev–Trinajstić information content (AvgIpc) is 2.35. The third-order valence-corrected chi connectivity index (χ3v) is 2.27. The van der Waals surface area contributed by atoms with Crippen LogP contribution in [0.4, 0.5) is 4.39 Å². The van der Waals surface area contributed by atoms with Gasteiger partial charge in [-0.25, -0.2) is 4.39 Å². The highest BCUT2D eigenvalue weighted by Crippen LogP contribution is 2.06. The van der Waals surface area contributed by atoms with Crippen LogP contribution in [0.3, 0.4) is 0 Å². The van der Waals surface area contributed by atoms with E-state index in [9.17, 15) is 9.18 Å². The lowest BCUT2D eigenvalue weighted by molar-refractivity contribution is 0.0798. The van der Waals surface area contributed by atoms with Crippen molar-refractivity contribution in [3.05, 3.63) is 35.6 Å². The summed E-state index contributed by atoms with van der Waals surface area (Å²) in [4.78, 5) is 13.2. The molecule has 0 radical (unpaired) electrons. The molecular weight excluding hydrogens is 225 g/mol. The van der Waals surface area contributed by atoms with Gasteiger partial charge < -0.3 is 15.8 Å². The van der Waals surface area contributed by atoms with Crippen LogP contribution < -0.4 is 5.73 Å². The van der Waals surface area contributed by atoms with Crippen molar-refractivity contribution in [1.29, 1.82) is 0 Å². The van der Waals surface area contributed by atoms with E-state index in [-0.39, 0.29) is 24.0 Å². The molecule has 5 nitrogen and oxygen atoms in total. The van der Waals surface area contributed by atoms with E-state index in [1.807, 2.05) is 0 Å². The maximum absolute atomic E-state index is 12.7. The van der Waals surface area contributed by atoms with Gasteiger partial charge in [-0.2, -0.15) is 0 Å². The highest BCUT2D eigenvalue weighted by Gasteiger charge is 2.11. The van der Waals surface area contributed by atoms with Crippen molar-refractivity contribution in [2.45, 2.75) is 6.42 Å². The van der Waals surface area contributed by atoms with Crippen LogP contribution in [0.2, 0.25) is 0 Å². The van der Waals surface area contributed by atoms with Crippen LogP contribution >= 0.6 is 0 Å². The fourth-order valence-corrected chi connectivity index (χ4v) is 1.25. The zero-order valence-electron chi connectivity index (χ0n) is 9.43. The number of rotatable bonds is 4. The summed E-state index contributed by atoms with van der Waals surface area (Å²) in [5.41, 5.74) is 5.69. The Morgan fingerprint density at radius 3 is 2.59 bits per heavy atom. The largest absolute Gasteiger partial charge is 0.409 e. The van der Waals surface area contributed by atoms with Crippen molar-refractivity contribution in [2.75, 3.05) is 13.6 Å². The summed E-state index contributed by atoms with van der Waals surface area (Å²) in [7, 11) is 1.59. The predicted molar refractivity (Wildman–Crippen MR) is 61.4 cm³/mol. The molecule has 0 fully saturated rings. The summed E-state index contributed by atoms with van der Waals surface area (Å²) in [5, 5.41) is 11.2. The standard InChI is InChI=1S/C11H14FN3O2/c1-15(7-6-10(13)14-17)11(16)8-2-4-9(12)5-3-8/h2-5,17H,6-7H2,1H3,(H2,13,14). The second kappa shape index (κ2) is 5.83. The van der Waals surface area contributed by atoms with Gasteiger partial charge in [0.15, 0.2) is 0 Å². The summed E-state index contributed by atoms with van der Waals surface area (Å²) in [6, 6.07) is 5.28. The lowest BCUT2D eigenvalue weighted by atomic mass is 10.2. The minimum atomic E-state index is -0.388. The van der Waals surface area contributed by atoms with Gasteiger partial charge in [0.25, 0.3) is 5.91 Å². The number of hydrogen-bond donors (Lipinski definition) is 2. The molecule has 0 spiro atoms. The Labute approximate surface area is 98.3 Å². The summed E-state index contributed by atoms with van der Waals surface area (Å²) in [6.07, 6.45) is 0.278. The smallest absolute Gasteiger partial charge is 0.253 e. The molecule has 0 aliphatic rings. The molecule has 3 N–H and O–H groups in total. The van der Waals surface area contributed by atoms with Gasteiger partial charge in [0.1, 0.15) is 11.7 Å². The first-order valence-electron chi connectivity index (χ1n) is 5.02. The van der Waals surface area contributed by atoms with Crippen LogP contribution in [-0.2, 0) is 0 Å². The Bertz CT molecular complexity index is 417. The van der Waals surface area contributed by atoms with Crippen LogP contribution in [0.1, 0.15) is 16.8 Å². The average molecular weight is 239 g/mol. The third-order valence-electron chi connectivity index (χ3n) is 2.27. The number of benzene rings is 1. The van der Waals surface area contributed by atoms with Crippen LogP contribution in [0, 0.1) is 5.82 Å². The van der Waals surface area contributed by atoms with Gasteiger partial charge in [0.2, 0.25) is 0 Å². The highest BCUT2D eigenvalue weighted by atomic mass is 19.1. The molecule has 0 heterocycles. The number of halogens is 1. The topological polar surface area (TPSA) is 78.9 Å². The molecule has 92 valence electrons. The number of hydrogen-bond acceptors (Lipinski definition) is 3. The molecule has 0 unspecified atom stereocenters. The van der Waals surface area contributed by atoms with E-state index in [4.69, 9.17) is 10.9 Å². The first-order chi connectivity index (χ1) is 8.04. The van der Waals surface area contributed by atoms with Crippen molar-refractivity contribution in [3.8, 4) is 0 Å². The lowest BCUT2D eigenvalue weighted by Crippen LogP contribution is -2.30. The summed E-state index contributed by atoms with van der Waals surface area (Å²) >= 11 is 0. The van der Waals surface area contributed by atoms with Crippen molar-refractivity contribution in [3.63, 3.8) is 0 Å². The molecule has 0 atom stereocenters. The number of nitrogens with zero attached hydrogens (tertiary/aromatic N) is 2. The van der Waals surface area contributed by atoms with E-state index >= 15 is 0 Å². The van der Waals surface area contributed by atoms with Gasteiger partial charge in [0.05, 0.1) is 0 Å². The maximum atomic E-state index is 12.7. The number of amidine groups is 1. The third kappa shape index (κ3) is 3.75. The fourth-order valence-electron chi connectivity index (χ4n) is 1.25. The monoisotopic (exact) mass is 239 g/mol. The Morgan fingerprint density at radius 1 is 1.47 bits per heavy atom. The normalized spacial score (nSPS) is 11.3. The highest BCUT2D eigenvalue weighted by molar-refractivity contribution is 5.94. The van der Waals surface area contributed by atoms with E-state index < -0.39 is 0 Å². The Kier molecular flexibility index (Phi) is 4.45. The minimum Gasteiger partial charge on any atom is -0.409 e. The van der Waals surface area contributed by atoms with E-state index in [1.54, 1.807) is 7.05 Å². The molecule has 0 aliphatic heterocycles. The van der Waals surface area contributed by atoms with E-state index in [0.29, 0.717) is 12.1 Å². The molecule has 0 bridgehead atoms.